The van der Waals surface area contributed by atoms with Crippen LogP contribution >= 0.6 is 22.9 Å². The fraction of sp³-hybridized carbons (Fsp3) is 0.636. The van der Waals surface area contributed by atoms with Gasteiger partial charge < -0.3 is 0 Å². The molecule has 1 heterocycles. The summed E-state index contributed by atoms with van der Waals surface area (Å²) in [7, 11) is 0. The minimum Gasteiger partial charge on any atom is -0.144 e. The van der Waals surface area contributed by atoms with Gasteiger partial charge in [-0.25, -0.2) is 0 Å². The molecule has 1 aromatic heterocycles. The molecule has 1 fully saturated rings. The highest BCUT2D eigenvalue weighted by Gasteiger charge is 2.39. The van der Waals surface area contributed by atoms with Crippen LogP contribution in [0.25, 0.3) is 0 Å². The summed E-state index contributed by atoms with van der Waals surface area (Å²) in [6.45, 7) is 4.48. The molecule has 0 N–H and O–H groups in total. The van der Waals surface area contributed by atoms with Crippen LogP contribution in [0.2, 0.25) is 0 Å². The first-order chi connectivity index (χ1) is 6.22. The maximum Gasteiger partial charge on any atom is 0.0709 e. The van der Waals surface area contributed by atoms with Gasteiger partial charge in [0.1, 0.15) is 0 Å². The van der Waals surface area contributed by atoms with Gasteiger partial charge in [-0.15, -0.1) is 22.9 Å². The Hall–Kier alpha value is -0.0100. The number of hydrogen-bond acceptors (Lipinski definition) is 1. The molecule has 0 spiro atoms. The first-order valence-corrected chi connectivity index (χ1v) is 6.20. The van der Waals surface area contributed by atoms with E-state index in [1.54, 1.807) is 0 Å². The Kier molecular flexibility index (Phi) is 2.66. The third-order valence-corrected chi connectivity index (χ3v) is 4.85. The first-order valence-electron chi connectivity index (χ1n) is 4.95. The second-order valence-electron chi connectivity index (χ2n) is 3.94. The van der Waals surface area contributed by atoms with Crippen molar-refractivity contribution in [3.8, 4) is 0 Å². The lowest BCUT2D eigenvalue weighted by molar-refractivity contribution is 0.731. The molecule has 0 amide bonds. The smallest absolute Gasteiger partial charge is 0.0709 e. The summed E-state index contributed by atoms with van der Waals surface area (Å²) < 4.78 is 0. The average Bonchev–Trinajstić information content (AvgIpc) is 2.70. The molecule has 2 rings (SSSR count). The van der Waals surface area contributed by atoms with E-state index >= 15 is 0 Å². The zero-order valence-corrected chi connectivity index (χ0v) is 9.66. The Bertz CT molecular complexity index is 292. The highest BCUT2D eigenvalue weighted by Crippen LogP contribution is 2.51. The maximum absolute atomic E-state index is 6.38. The van der Waals surface area contributed by atoms with Gasteiger partial charge in [-0.2, -0.15) is 0 Å². The van der Waals surface area contributed by atoms with Crippen LogP contribution in [0.1, 0.15) is 35.4 Å². The topological polar surface area (TPSA) is 0 Å². The SMILES string of the molecule is CCc1ccc(C(Cl)C2CC2C)s1. The summed E-state index contributed by atoms with van der Waals surface area (Å²) in [4.78, 5) is 2.82. The van der Waals surface area contributed by atoms with Gasteiger partial charge in [0.15, 0.2) is 0 Å². The van der Waals surface area contributed by atoms with E-state index in [9.17, 15) is 0 Å². The zero-order valence-electron chi connectivity index (χ0n) is 8.09. The van der Waals surface area contributed by atoms with E-state index in [-0.39, 0.29) is 5.38 Å². The Morgan fingerprint density at radius 1 is 1.62 bits per heavy atom. The van der Waals surface area contributed by atoms with Gasteiger partial charge in [0.05, 0.1) is 5.38 Å². The zero-order chi connectivity index (χ0) is 9.42. The normalized spacial score (nSPS) is 28.8. The minimum atomic E-state index is 0.278. The van der Waals surface area contributed by atoms with Crippen LogP contribution in [0.5, 0.6) is 0 Å². The molecule has 72 valence electrons. The lowest BCUT2D eigenvalue weighted by Gasteiger charge is -2.04. The standard InChI is InChI=1S/C11H15ClS/c1-3-8-4-5-10(13-8)11(12)9-6-7(9)2/h4-5,7,9,11H,3,6H2,1-2H3. The van der Waals surface area contributed by atoms with Gasteiger partial charge in [-0.3, -0.25) is 0 Å². The number of thiophene rings is 1. The molecule has 3 atom stereocenters. The third kappa shape index (κ3) is 1.92. The van der Waals surface area contributed by atoms with E-state index in [1.807, 2.05) is 11.3 Å². The van der Waals surface area contributed by atoms with E-state index in [4.69, 9.17) is 11.6 Å². The van der Waals surface area contributed by atoms with Crippen molar-refractivity contribution < 1.29 is 0 Å². The maximum atomic E-state index is 6.38. The monoisotopic (exact) mass is 214 g/mol. The van der Waals surface area contributed by atoms with Gasteiger partial charge in [-0.05, 0) is 36.8 Å². The third-order valence-electron chi connectivity index (χ3n) is 2.85. The van der Waals surface area contributed by atoms with Crippen molar-refractivity contribution in [1.82, 2.24) is 0 Å². The van der Waals surface area contributed by atoms with E-state index in [2.05, 4.69) is 26.0 Å². The molecule has 3 unspecified atom stereocenters. The largest absolute Gasteiger partial charge is 0.144 e. The van der Waals surface area contributed by atoms with Crippen LogP contribution in [-0.2, 0) is 6.42 Å². The average molecular weight is 215 g/mol. The molecule has 1 aromatic rings. The van der Waals surface area contributed by atoms with Crippen LogP contribution < -0.4 is 0 Å². The molecule has 1 aliphatic carbocycles. The summed E-state index contributed by atoms with van der Waals surface area (Å²) in [5.74, 6) is 1.58. The highest BCUT2D eigenvalue weighted by atomic mass is 35.5. The predicted molar refractivity (Wildman–Crippen MR) is 59.6 cm³/mol. The second-order valence-corrected chi connectivity index (χ2v) is 5.61. The van der Waals surface area contributed by atoms with E-state index in [0.717, 1.165) is 18.3 Å². The molecule has 0 aliphatic heterocycles. The molecule has 2 heteroatoms. The van der Waals surface area contributed by atoms with Gasteiger partial charge in [0, 0.05) is 9.75 Å². The van der Waals surface area contributed by atoms with Crippen LogP contribution in [0.15, 0.2) is 12.1 Å². The lowest BCUT2D eigenvalue weighted by Crippen LogP contribution is -1.89. The minimum absolute atomic E-state index is 0.278. The second kappa shape index (κ2) is 3.62. The molecule has 0 nitrogen and oxygen atoms in total. The van der Waals surface area contributed by atoms with Crippen molar-refractivity contribution in [2.24, 2.45) is 11.8 Å². The number of halogens is 1. The van der Waals surface area contributed by atoms with Gasteiger partial charge in [0.25, 0.3) is 0 Å². The molecule has 13 heavy (non-hydrogen) atoms. The summed E-state index contributed by atoms with van der Waals surface area (Å²) in [5, 5.41) is 0.278. The quantitative estimate of drug-likeness (QED) is 0.661. The van der Waals surface area contributed by atoms with Crippen molar-refractivity contribution in [2.75, 3.05) is 0 Å². The fourth-order valence-electron chi connectivity index (χ4n) is 1.70. The Morgan fingerprint density at radius 2 is 2.31 bits per heavy atom. The molecule has 1 aliphatic rings. The number of hydrogen-bond donors (Lipinski definition) is 0. The van der Waals surface area contributed by atoms with Crippen molar-refractivity contribution in [3.63, 3.8) is 0 Å². The van der Waals surface area contributed by atoms with Gasteiger partial charge in [0.2, 0.25) is 0 Å². The van der Waals surface area contributed by atoms with Crippen molar-refractivity contribution in [1.29, 1.82) is 0 Å². The summed E-state index contributed by atoms with van der Waals surface area (Å²) in [6.07, 6.45) is 2.45. The molecule has 0 saturated heterocycles. The van der Waals surface area contributed by atoms with E-state index in [0.29, 0.717) is 0 Å². The first kappa shape index (κ1) is 9.54. The van der Waals surface area contributed by atoms with E-state index < -0.39 is 0 Å². The van der Waals surface area contributed by atoms with Gasteiger partial charge >= 0.3 is 0 Å². The molecule has 0 radical (unpaired) electrons. The van der Waals surface area contributed by atoms with Crippen LogP contribution in [-0.4, -0.2) is 0 Å². The van der Waals surface area contributed by atoms with Crippen molar-refractivity contribution >= 4 is 22.9 Å². The van der Waals surface area contributed by atoms with E-state index in [1.165, 1.54) is 16.2 Å². The summed E-state index contributed by atoms with van der Waals surface area (Å²) >= 11 is 8.26. The molecule has 0 bridgehead atoms. The Labute approximate surface area is 88.9 Å². The summed E-state index contributed by atoms with van der Waals surface area (Å²) in [6, 6.07) is 4.41. The highest BCUT2D eigenvalue weighted by molar-refractivity contribution is 7.12. The molecular formula is C11H15ClS. The lowest BCUT2D eigenvalue weighted by atomic mass is 10.2. The number of rotatable bonds is 3. The molecule has 1 saturated carbocycles. The van der Waals surface area contributed by atoms with Gasteiger partial charge in [-0.1, -0.05) is 13.8 Å². The number of aryl methyl sites for hydroxylation is 1. The molecule has 0 aromatic carbocycles. The Morgan fingerprint density at radius 3 is 2.77 bits per heavy atom. The van der Waals surface area contributed by atoms with Crippen molar-refractivity contribution in [3.05, 3.63) is 21.9 Å². The van der Waals surface area contributed by atoms with Crippen LogP contribution in [0.3, 0.4) is 0 Å². The molecular weight excluding hydrogens is 200 g/mol. The van der Waals surface area contributed by atoms with Crippen LogP contribution in [0.4, 0.5) is 0 Å². The summed E-state index contributed by atoms with van der Waals surface area (Å²) in [5.41, 5.74) is 0. The van der Waals surface area contributed by atoms with Crippen LogP contribution in [0, 0.1) is 11.8 Å². The Balaban J connectivity index is 2.07. The predicted octanol–water partition coefficient (Wildman–Crippen LogP) is 4.25. The number of alkyl halides is 1. The van der Waals surface area contributed by atoms with Crippen molar-refractivity contribution in [2.45, 2.75) is 32.1 Å². The fourth-order valence-corrected chi connectivity index (χ4v) is 3.27.